The highest BCUT2D eigenvalue weighted by molar-refractivity contribution is 5.89. The second kappa shape index (κ2) is 9.59. The molecule has 37 heavy (non-hydrogen) atoms. The van der Waals surface area contributed by atoms with Crippen LogP contribution >= 0.6 is 0 Å². The average molecular weight is 509 g/mol. The van der Waals surface area contributed by atoms with E-state index >= 15 is 0 Å². The Kier molecular flexibility index (Phi) is 6.45. The van der Waals surface area contributed by atoms with Crippen LogP contribution in [-0.2, 0) is 6.42 Å². The minimum Gasteiger partial charge on any atom is -0.493 e. The molecule has 0 radical (unpaired) electrons. The van der Waals surface area contributed by atoms with Crippen molar-refractivity contribution in [3.05, 3.63) is 53.6 Å². The number of para-hydroxylation sites is 1. The average Bonchev–Trinajstić information content (AvgIpc) is 3.38. The molecular weight excluding hydrogens is 476 g/mol. The van der Waals surface area contributed by atoms with Crippen molar-refractivity contribution in [2.24, 2.45) is 5.92 Å². The summed E-state index contributed by atoms with van der Waals surface area (Å²) in [6.07, 6.45) is -0.280. The largest absolute Gasteiger partial charge is 0.493 e. The molecule has 196 valence electrons. The Labute approximate surface area is 216 Å². The summed E-state index contributed by atoms with van der Waals surface area (Å²) < 4.78 is 41.5. The molecule has 0 fully saturated rings. The smallest absolute Gasteiger partial charge is 0.231 e. The van der Waals surface area contributed by atoms with Crippen molar-refractivity contribution in [3.63, 3.8) is 0 Å². The lowest BCUT2D eigenvalue weighted by atomic mass is 9.73. The molecule has 3 aromatic rings. The van der Waals surface area contributed by atoms with Gasteiger partial charge in [0.05, 0.1) is 28.4 Å². The van der Waals surface area contributed by atoms with Crippen LogP contribution in [0.3, 0.4) is 0 Å². The summed E-state index contributed by atoms with van der Waals surface area (Å²) in [7, 11) is 6.29. The molecule has 8 heteroatoms. The molecular formula is C29H32O8. The van der Waals surface area contributed by atoms with E-state index in [4.69, 9.17) is 33.2 Å². The number of benzene rings is 3. The number of aliphatic hydroxyl groups is 1. The first-order valence-corrected chi connectivity index (χ1v) is 12.1. The Hall–Kier alpha value is -3.78. The molecule has 0 aromatic heterocycles. The van der Waals surface area contributed by atoms with Gasteiger partial charge in [-0.3, -0.25) is 0 Å². The van der Waals surface area contributed by atoms with Crippen LogP contribution in [0.4, 0.5) is 0 Å². The third-order valence-corrected chi connectivity index (χ3v) is 7.35. The van der Waals surface area contributed by atoms with Crippen LogP contribution < -0.4 is 33.2 Å². The van der Waals surface area contributed by atoms with Gasteiger partial charge in [0.1, 0.15) is 11.4 Å². The third kappa shape index (κ3) is 3.96. The van der Waals surface area contributed by atoms with Gasteiger partial charge in [-0.15, -0.1) is 0 Å². The van der Waals surface area contributed by atoms with Gasteiger partial charge >= 0.3 is 0 Å². The lowest BCUT2D eigenvalue weighted by molar-refractivity contribution is -0.0871. The van der Waals surface area contributed by atoms with Crippen LogP contribution in [0, 0.1) is 5.92 Å². The quantitative estimate of drug-likeness (QED) is 0.488. The van der Waals surface area contributed by atoms with E-state index in [-0.39, 0.29) is 12.7 Å². The molecule has 1 heterocycles. The molecule has 3 atom stereocenters. The zero-order chi connectivity index (χ0) is 26.3. The number of rotatable bonds is 6. The van der Waals surface area contributed by atoms with Gasteiger partial charge in [-0.25, -0.2) is 0 Å². The third-order valence-electron chi connectivity index (χ3n) is 7.35. The molecule has 1 aliphatic heterocycles. The van der Waals surface area contributed by atoms with Crippen molar-refractivity contribution in [2.45, 2.75) is 32.0 Å². The summed E-state index contributed by atoms with van der Waals surface area (Å²) in [5, 5.41) is 12.1. The van der Waals surface area contributed by atoms with Crippen LogP contribution in [0.15, 0.2) is 42.5 Å². The maximum Gasteiger partial charge on any atom is 0.231 e. The highest BCUT2D eigenvalue weighted by Crippen LogP contribution is 2.59. The van der Waals surface area contributed by atoms with Crippen LogP contribution in [0.1, 0.15) is 31.1 Å². The van der Waals surface area contributed by atoms with Gasteiger partial charge in [0, 0.05) is 16.7 Å². The van der Waals surface area contributed by atoms with Crippen LogP contribution in [0.5, 0.6) is 40.2 Å². The van der Waals surface area contributed by atoms with E-state index in [9.17, 15) is 5.11 Å². The fraction of sp³-hybridized carbons (Fsp3) is 0.379. The summed E-state index contributed by atoms with van der Waals surface area (Å²) in [5.74, 6) is 3.33. The van der Waals surface area contributed by atoms with E-state index < -0.39 is 11.7 Å². The minimum absolute atomic E-state index is 0.0948. The Balaban J connectivity index is 1.91. The van der Waals surface area contributed by atoms with Gasteiger partial charge in [-0.2, -0.15) is 0 Å². The van der Waals surface area contributed by atoms with Gasteiger partial charge in [-0.05, 0) is 49.1 Å². The standard InChI is InChI=1S/C29H32O8/c1-16-12-17-13-21-25(36-15-35-21)26(33-5)22(17)23-19(14-20(31-3)24(32-4)27(23)34-6)28(29(16,2)30)37-18-10-8-7-9-11-18/h7-11,13-14,16,28,30H,12,15H2,1-6H3/t16-,28+,29+/m0/s1. The number of ether oxygens (including phenoxy) is 7. The summed E-state index contributed by atoms with van der Waals surface area (Å²) >= 11 is 0. The molecule has 0 amide bonds. The lowest BCUT2D eigenvalue weighted by Gasteiger charge is -2.41. The topological polar surface area (TPSA) is 84.8 Å². The Morgan fingerprint density at radius 3 is 2.22 bits per heavy atom. The Morgan fingerprint density at radius 1 is 0.865 bits per heavy atom. The van der Waals surface area contributed by atoms with E-state index in [2.05, 4.69) is 0 Å². The van der Waals surface area contributed by atoms with E-state index in [0.717, 1.165) is 11.1 Å². The van der Waals surface area contributed by atoms with Crippen molar-refractivity contribution >= 4 is 0 Å². The van der Waals surface area contributed by atoms with Crippen molar-refractivity contribution < 1.29 is 38.3 Å². The Bertz CT molecular complexity index is 1300. The van der Waals surface area contributed by atoms with E-state index in [1.165, 1.54) is 0 Å². The summed E-state index contributed by atoms with van der Waals surface area (Å²) in [6, 6.07) is 13.2. The lowest BCUT2D eigenvalue weighted by Crippen LogP contribution is -2.44. The second-order valence-corrected chi connectivity index (χ2v) is 9.43. The van der Waals surface area contributed by atoms with Gasteiger partial charge < -0.3 is 38.3 Å². The summed E-state index contributed by atoms with van der Waals surface area (Å²) in [4.78, 5) is 0. The normalized spacial score (nSPS) is 21.7. The maximum absolute atomic E-state index is 12.1. The summed E-state index contributed by atoms with van der Waals surface area (Å²) in [6.45, 7) is 3.90. The Morgan fingerprint density at radius 2 is 1.57 bits per heavy atom. The first-order chi connectivity index (χ1) is 17.8. The zero-order valence-corrected chi connectivity index (χ0v) is 21.9. The van der Waals surface area contributed by atoms with Crippen molar-refractivity contribution in [1.82, 2.24) is 0 Å². The van der Waals surface area contributed by atoms with Crippen molar-refractivity contribution in [1.29, 1.82) is 0 Å². The van der Waals surface area contributed by atoms with E-state index in [0.29, 0.717) is 57.8 Å². The van der Waals surface area contributed by atoms with E-state index in [1.54, 1.807) is 35.4 Å². The molecule has 1 N–H and O–H groups in total. The van der Waals surface area contributed by atoms with Gasteiger partial charge in [0.15, 0.2) is 29.1 Å². The molecule has 0 saturated heterocycles. The molecule has 0 bridgehead atoms. The van der Waals surface area contributed by atoms with Crippen molar-refractivity contribution in [2.75, 3.05) is 35.2 Å². The molecule has 0 unspecified atom stereocenters. The number of fused-ring (bicyclic) bond motifs is 4. The maximum atomic E-state index is 12.1. The number of methoxy groups -OCH3 is 4. The predicted molar refractivity (Wildman–Crippen MR) is 138 cm³/mol. The molecule has 2 aliphatic rings. The molecule has 1 aliphatic carbocycles. The fourth-order valence-electron chi connectivity index (χ4n) is 5.26. The summed E-state index contributed by atoms with van der Waals surface area (Å²) in [5.41, 5.74) is 1.71. The van der Waals surface area contributed by atoms with Gasteiger partial charge in [0.2, 0.25) is 18.3 Å². The monoisotopic (exact) mass is 508 g/mol. The minimum atomic E-state index is -1.30. The molecule has 0 saturated carbocycles. The molecule has 0 spiro atoms. The molecule has 5 rings (SSSR count). The van der Waals surface area contributed by atoms with Gasteiger partial charge in [-0.1, -0.05) is 25.1 Å². The SMILES string of the molecule is COc1cc2c(c(OC)c1OC)-c1c(cc3c(c1OC)OCO3)C[C@H](C)[C@@](C)(O)[C@@H]2Oc1ccccc1. The van der Waals surface area contributed by atoms with Crippen molar-refractivity contribution in [3.8, 4) is 51.4 Å². The van der Waals surface area contributed by atoms with E-state index in [1.807, 2.05) is 49.4 Å². The number of hydrogen-bond donors (Lipinski definition) is 1. The molecule has 3 aromatic carbocycles. The van der Waals surface area contributed by atoms with Crippen LogP contribution in [-0.4, -0.2) is 45.9 Å². The van der Waals surface area contributed by atoms with Crippen LogP contribution in [0.25, 0.3) is 11.1 Å². The number of hydrogen-bond acceptors (Lipinski definition) is 8. The zero-order valence-electron chi connectivity index (χ0n) is 21.9. The highest BCUT2D eigenvalue weighted by atomic mass is 16.7. The van der Waals surface area contributed by atoms with Gasteiger partial charge in [0.25, 0.3) is 0 Å². The van der Waals surface area contributed by atoms with Crippen LogP contribution in [0.2, 0.25) is 0 Å². The highest BCUT2D eigenvalue weighted by Gasteiger charge is 2.46. The first-order valence-electron chi connectivity index (χ1n) is 12.1. The predicted octanol–water partition coefficient (Wildman–Crippen LogP) is 5.18. The first kappa shape index (κ1) is 24.9. The molecule has 8 nitrogen and oxygen atoms in total. The fourth-order valence-corrected chi connectivity index (χ4v) is 5.26. The second-order valence-electron chi connectivity index (χ2n) is 9.43.